The van der Waals surface area contributed by atoms with E-state index >= 15 is 0 Å². The number of nitrogen functional groups attached to an aromatic ring is 1. The third kappa shape index (κ3) is 4.63. The second-order valence-corrected chi connectivity index (χ2v) is 9.83. The van der Waals surface area contributed by atoms with Crippen LogP contribution in [0.2, 0.25) is 0 Å². The van der Waals surface area contributed by atoms with Crippen molar-refractivity contribution in [2.24, 2.45) is 7.05 Å². The van der Waals surface area contributed by atoms with E-state index in [9.17, 15) is 13.2 Å². The Morgan fingerprint density at radius 1 is 1.24 bits per heavy atom. The van der Waals surface area contributed by atoms with Gasteiger partial charge in [-0.15, -0.1) is 12.4 Å². The maximum Gasteiger partial charge on any atom is 0.253 e. The molecule has 0 spiro atoms. The molecule has 1 fully saturated rings. The van der Waals surface area contributed by atoms with Crippen LogP contribution < -0.4 is 15.8 Å². The first kappa shape index (κ1) is 23.8. The number of halogens is 1. The number of carbonyl (C=O) groups excluding carboxylic acids is 1. The Morgan fingerprint density at radius 2 is 2.03 bits per heavy atom. The number of nitrogens with two attached hydrogens (primary N) is 1. The van der Waals surface area contributed by atoms with E-state index in [-0.39, 0.29) is 35.2 Å². The van der Waals surface area contributed by atoms with Crippen LogP contribution in [0.25, 0.3) is 11.4 Å². The molecule has 0 saturated heterocycles. The van der Waals surface area contributed by atoms with Crippen LogP contribution in [0.4, 0.5) is 5.95 Å². The minimum absolute atomic E-state index is 0. The van der Waals surface area contributed by atoms with E-state index in [1.807, 2.05) is 11.6 Å². The van der Waals surface area contributed by atoms with Crippen molar-refractivity contribution in [2.75, 3.05) is 12.3 Å². The molecule has 176 valence electrons. The molecular formula is C23H23ClN6O3S. The zero-order chi connectivity index (χ0) is 23.2. The van der Waals surface area contributed by atoms with E-state index in [1.54, 1.807) is 30.3 Å². The summed E-state index contributed by atoms with van der Waals surface area (Å²) in [5.41, 5.74) is 9.67. The average Bonchev–Trinajstić information content (AvgIpc) is 3.53. The van der Waals surface area contributed by atoms with Gasteiger partial charge in [-0.05, 0) is 37.1 Å². The first-order valence-corrected chi connectivity index (χ1v) is 12.0. The Morgan fingerprint density at radius 3 is 2.76 bits per heavy atom. The number of amides is 1. The minimum Gasteiger partial charge on any atom is -0.368 e. The number of nitrogens with zero attached hydrogens (tertiary/aromatic N) is 3. The largest absolute Gasteiger partial charge is 0.368 e. The van der Waals surface area contributed by atoms with Gasteiger partial charge in [0.2, 0.25) is 16.0 Å². The van der Waals surface area contributed by atoms with E-state index in [4.69, 9.17) is 5.73 Å². The van der Waals surface area contributed by atoms with Gasteiger partial charge in [-0.3, -0.25) is 4.79 Å². The van der Waals surface area contributed by atoms with Gasteiger partial charge >= 0.3 is 0 Å². The second-order valence-electron chi connectivity index (χ2n) is 8.12. The molecule has 0 atom stereocenters. The zero-order valence-electron chi connectivity index (χ0n) is 18.3. The normalized spacial score (nSPS) is 14.9. The van der Waals surface area contributed by atoms with E-state index < -0.39 is 10.0 Å². The van der Waals surface area contributed by atoms with Crippen molar-refractivity contribution in [2.45, 2.75) is 30.2 Å². The van der Waals surface area contributed by atoms with E-state index in [1.165, 1.54) is 6.20 Å². The SMILES string of the molecule is Cl.Cn1c(-c2nc(N)ncc2C#Cc2cccc(S(=O)(=O)NC3CC3)c2)cc2c1CCNC2=O. The second kappa shape index (κ2) is 9.10. The molecule has 5 rings (SSSR count). The highest BCUT2D eigenvalue weighted by atomic mass is 35.5. The number of hydrogen-bond acceptors (Lipinski definition) is 6. The molecule has 3 aromatic rings. The van der Waals surface area contributed by atoms with Crippen LogP contribution >= 0.6 is 12.4 Å². The number of sulfonamides is 1. The third-order valence-corrected chi connectivity index (χ3v) is 7.20. The summed E-state index contributed by atoms with van der Waals surface area (Å²) < 4.78 is 29.6. The van der Waals surface area contributed by atoms with Crippen molar-refractivity contribution >= 4 is 34.3 Å². The lowest BCUT2D eigenvalue weighted by Crippen LogP contribution is -2.31. The van der Waals surface area contributed by atoms with Crippen LogP contribution in [0.5, 0.6) is 0 Å². The fraction of sp³-hybridized carbons (Fsp3) is 0.261. The van der Waals surface area contributed by atoms with Gasteiger partial charge in [0.25, 0.3) is 5.91 Å². The molecule has 11 heteroatoms. The van der Waals surface area contributed by atoms with Gasteiger partial charge in [0, 0.05) is 43.5 Å². The highest BCUT2D eigenvalue weighted by Gasteiger charge is 2.28. The average molecular weight is 499 g/mol. The highest BCUT2D eigenvalue weighted by Crippen LogP contribution is 2.28. The Kier molecular flexibility index (Phi) is 6.36. The molecule has 0 radical (unpaired) electrons. The molecule has 0 unspecified atom stereocenters. The van der Waals surface area contributed by atoms with Crippen molar-refractivity contribution < 1.29 is 13.2 Å². The fourth-order valence-corrected chi connectivity index (χ4v) is 5.16. The number of aromatic nitrogens is 3. The summed E-state index contributed by atoms with van der Waals surface area (Å²) in [4.78, 5) is 20.9. The smallest absolute Gasteiger partial charge is 0.253 e. The van der Waals surface area contributed by atoms with Crippen LogP contribution in [0.3, 0.4) is 0 Å². The topological polar surface area (TPSA) is 132 Å². The van der Waals surface area contributed by atoms with Crippen molar-refractivity contribution in [1.29, 1.82) is 0 Å². The Labute approximate surface area is 203 Å². The number of anilines is 1. The molecule has 2 aliphatic rings. The third-order valence-electron chi connectivity index (χ3n) is 5.69. The van der Waals surface area contributed by atoms with Crippen molar-refractivity contribution in [3.63, 3.8) is 0 Å². The Balaban J connectivity index is 0.00000274. The van der Waals surface area contributed by atoms with Crippen LogP contribution in [-0.4, -0.2) is 41.4 Å². The van der Waals surface area contributed by atoms with Gasteiger partial charge in [0.15, 0.2) is 0 Å². The summed E-state index contributed by atoms with van der Waals surface area (Å²) in [7, 11) is -1.69. The van der Waals surface area contributed by atoms with Gasteiger partial charge in [0.05, 0.1) is 21.7 Å². The summed E-state index contributed by atoms with van der Waals surface area (Å²) in [5.74, 6) is 6.03. The summed E-state index contributed by atoms with van der Waals surface area (Å²) in [5, 5.41) is 2.84. The molecule has 9 nitrogen and oxygen atoms in total. The quantitative estimate of drug-likeness (QED) is 0.468. The van der Waals surface area contributed by atoms with Gasteiger partial charge in [-0.1, -0.05) is 17.9 Å². The number of benzene rings is 1. The van der Waals surface area contributed by atoms with Crippen molar-refractivity contribution in [1.82, 2.24) is 24.6 Å². The maximum atomic E-state index is 12.5. The molecule has 4 N–H and O–H groups in total. The van der Waals surface area contributed by atoms with Crippen molar-refractivity contribution in [3.05, 3.63) is 58.9 Å². The van der Waals surface area contributed by atoms with E-state index in [0.717, 1.165) is 25.0 Å². The van der Waals surface area contributed by atoms with Gasteiger partial charge < -0.3 is 15.6 Å². The molecule has 1 aromatic carbocycles. The molecule has 1 aliphatic carbocycles. The van der Waals surface area contributed by atoms with E-state index in [0.29, 0.717) is 34.6 Å². The predicted octanol–water partition coefficient (Wildman–Crippen LogP) is 1.61. The van der Waals surface area contributed by atoms with Gasteiger partial charge in [-0.25, -0.2) is 23.1 Å². The molecule has 1 saturated carbocycles. The molecule has 1 aliphatic heterocycles. The lowest BCUT2D eigenvalue weighted by Gasteiger charge is -2.14. The molecule has 3 heterocycles. The molecular weight excluding hydrogens is 476 g/mol. The van der Waals surface area contributed by atoms with Gasteiger partial charge in [0.1, 0.15) is 5.69 Å². The maximum absolute atomic E-state index is 12.5. The number of rotatable bonds is 4. The molecule has 2 aromatic heterocycles. The summed E-state index contributed by atoms with van der Waals surface area (Å²) in [6.45, 7) is 0.580. The van der Waals surface area contributed by atoms with Crippen LogP contribution in [0.15, 0.2) is 41.4 Å². The Bertz CT molecular complexity index is 1450. The minimum atomic E-state index is -3.57. The number of hydrogen-bond donors (Lipinski definition) is 3. The molecule has 1 amide bonds. The summed E-state index contributed by atoms with van der Waals surface area (Å²) in [6.07, 6.45) is 3.98. The standard InChI is InChI=1S/C23H22N6O3S.ClH/c1-29-19-9-10-25-22(30)18(19)12-20(29)21-15(13-26-23(24)27-21)6-5-14-3-2-4-17(11-14)33(31,32)28-16-7-8-16;/h2-4,11-13,16,28H,7-10H2,1H3,(H,25,30)(H2,24,26,27);1H. The molecule has 0 bridgehead atoms. The molecule has 34 heavy (non-hydrogen) atoms. The van der Waals surface area contributed by atoms with Gasteiger partial charge in [-0.2, -0.15) is 0 Å². The number of carbonyl (C=O) groups is 1. The number of nitrogens with one attached hydrogen (secondary N) is 2. The highest BCUT2D eigenvalue weighted by molar-refractivity contribution is 7.89. The van der Waals surface area contributed by atoms with E-state index in [2.05, 4.69) is 31.8 Å². The predicted molar refractivity (Wildman–Crippen MR) is 130 cm³/mol. The van der Waals surface area contributed by atoms with Crippen LogP contribution in [0, 0.1) is 11.8 Å². The first-order valence-electron chi connectivity index (χ1n) is 10.6. The first-order chi connectivity index (χ1) is 15.8. The summed E-state index contributed by atoms with van der Waals surface area (Å²) in [6, 6.07) is 8.31. The fourth-order valence-electron chi connectivity index (χ4n) is 3.81. The van der Waals surface area contributed by atoms with Crippen molar-refractivity contribution in [3.8, 4) is 23.2 Å². The summed E-state index contributed by atoms with van der Waals surface area (Å²) >= 11 is 0. The van der Waals surface area contributed by atoms with Crippen LogP contribution in [-0.2, 0) is 23.5 Å². The van der Waals surface area contributed by atoms with Crippen LogP contribution in [0.1, 0.15) is 40.0 Å². The zero-order valence-corrected chi connectivity index (χ0v) is 20.0. The lowest BCUT2D eigenvalue weighted by atomic mass is 10.1. The number of fused-ring (bicyclic) bond motifs is 1. The monoisotopic (exact) mass is 498 g/mol. The lowest BCUT2D eigenvalue weighted by molar-refractivity contribution is 0.0945. The Hall–Kier alpha value is -3.39.